The normalized spacial score (nSPS) is 10.7. The Labute approximate surface area is 84.8 Å². The second-order valence-electron chi connectivity index (χ2n) is 3.29. The van der Waals surface area contributed by atoms with Gasteiger partial charge in [-0.25, -0.2) is 4.79 Å². The van der Waals surface area contributed by atoms with Crippen LogP contribution in [0.15, 0.2) is 18.2 Å². The molecule has 15 heavy (non-hydrogen) atoms. The van der Waals surface area contributed by atoms with E-state index in [2.05, 4.69) is 0 Å². The van der Waals surface area contributed by atoms with Crippen LogP contribution in [-0.4, -0.2) is 25.9 Å². The number of hydrogen-bond donors (Lipinski definition) is 3. The average Bonchev–Trinajstić information content (AvgIpc) is 2.46. The number of phenolic OH excluding ortho intramolecular Hbond substituents is 2. The Hall–Kier alpha value is -2.17. The van der Waals surface area contributed by atoms with Crippen LogP contribution in [0.4, 0.5) is 0 Å². The first kappa shape index (κ1) is 9.39. The highest BCUT2D eigenvalue weighted by Crippen LogP contribution is 2.31. The van der Waals surface area contributed by atoms with E-state index >= 15 is 0 Å². The van der Waals surface area contributed by atoms with Crippen molar-refractivity contribution in [2.45, 2.75) is 0 Å². The molecule has 0 spiro atoms. The summed E-state index contributed by atoms with van der Waals surface area (Å²) >= 11 is 0. The summed E-state index contributed by atoms with van der Waals surface area (Å²) in [6, 6.07) is 4.10. The standard InChI is InChI=1S/C10H9NO4/c1-11-6-4-9(13)8(12)3-5(6)2-7(11)10(14)15/h2-4,12-13H,1H3,(H,14,15). The van der Waals surface area contributed by atoms with Gasteiger partial charge in [-0.05, 0) is 12.1 Å². The molecule has 5 heteroatoms. The molecule has 0 unspecified atom stereocenters. The molecule has 1 heterocycles. The van der Waals surface area contributed by atoms with E-state index in [0.29, 0.717) is 10.9 Å². The number of aromatic nitrogens is 1. The largest absolute Gasteiger partial charge is 0.504 e. The van der Waals surface area contributed by atoms with Gasteiger partial charge in [-0.2, -0.15) is 0 Å². The lowest BCUT2D eigenvalue weighted by molar-refractivity contribution is 0.0687. The first-order valence-electron chi connectivity index (χ1n) is 4.25. The molecule has 1 aromatic carbocycles. The second-order valence-corrected chi connectivity index (χ2v) is 3.29. The van der Waals surface area contributed by atoms with Crippen molar-refractivity contribution in [2.24, 2.45) is 7.05 Å². The molecule has 0 saturated heterocycles. The quantitative estimate of drug-likeness (QED) is 0.615. The first-order valence-corrected chi connectivity index (χ1v) is 4.25. The van der Waals surface area contributed by atoms with E-state index in [1.165, 1.54) is 22.8 Å². The van der Waals surface area contributed by atoms with Gasteiger partial charge in [0.15, 0.2) is 11.5 Å². The fourth-order valence-corrected chi connectivity index (χ4v) is 1.57. The number of rotatable bonds is 1. The molecule has 0 fully saturated rings. The van der Waals surface area contributed by atoms with Crippen molar-refractivity contribution in [3.63, 3.8) is 0 Å². The highest BCUT2D eigenvalue weighted by molar-refractivity contribution is 5.95. The number of fused-ring (bicyclic) bond motifs is 1. The summed E-state index contributed by atoms with van der Waals surface area (Å²) in [5.41, 5.74) is 0.665. The molecule has 0 aliphatic heterocycles. The van der Waals surface area contributed by atoms with E-state index in [4.69, 9.17) is 5.11 Å². The monoisotopic (exact) mass is 207 g/mol. The van der Waals surface area contributed by atoms with Gasteiger partial charge >= 0.3 is 5.97 Å². The molecular weight excluding hydrogens is 198 g/mol. The first-order chi connectivity index (χ1) is 7.00. The summed E-state index contributed by atoms with van der Waals surface area (Å²) in [4.78, 5) is 10.8. The predicted molar refractivity (Wildman–Crippen MR) is 53.2 cm³/mol. The van der Waals surface area contributed by atoms with Crippen molar-refractivity contribution in [1.82, 2.24) is 4.57 Å². The Balaban J connectivity index is 2.83. The minimum atomic E-state index is -1.05. The van der Waals surface area contributed by atoms with Crippen LogP contribution in [0.1, 0.15) is 10.5 Å². The number of carboxylic acid groups (broad SMARTS) is 1. The van der Waals surface area contributed by atoms with Crippen LogP contribution in [-0.2, 0) is 7.05 Å². The molecule has 0 saturated carbocycles. The van der Waals surface area contributed by atoms with Crippen LogP contribution >= 0.6 is 0 Å². The van der Waals surface area contributed by atoms with Gasteiger partial charge in [0.2, 0.25) is 0 Å². The minimum Gasteiger partial charge on any atom is -0.504 e. The topological polar surface area (TPSA) is 82.7 Å². The van der Waals surface area contributed by atoms with Crippen LogP contribution in [0.5, 0.6) is 11.5 Å². The lowest BCUT2D eigenvalue weighted by Gasteiger charge is -2.01. The summed E-state index contributed by atoms with van der Waals surface area (Å²) in [5.74, 6) is -1.57. The molecular formula is C10H9NO4. The number of phenols is 2. The second kappa shape index (κ2) is 2.91. The van der Waals surface area contributed by atoms with Gasteiger partial charge in [0.1, 0.15) is 5.69 Å². The Morgan fingerprint density at radius 1 is 1.20 bits per heavy atom. The number of benzene rings is 1. The van der Waals surface area contributed by atoms with Crippen molar-refractivity contribution in [3.05, 3.63) is 23.9 Å². The molecule has 0 atom stereocenters. The average molecular weight is 207 g/mol. The molecule has 2 aromatic rings. The zero-order chi connectivity index (χ0) is 11.2. The number of hydrogen-bond acceptors (Lipinski definition) is 3. The molecule has 1 aromatic heterocycles. The number of aryl methyl sites for hydroxylation is 1. The third kappa shape index (κ3) is 1.28. The molecule has 2 rings (SSSR count). The molecule has 0 aliphatic carbocycles. The number of aromatic carboxylic acids is 1. The SMILES string of the molecule is Cn1c(C(=O)O)cc2cc(O)c(O)cc21. The van der Waals surface area contributed by atoms with Crippen molar-refractivity contribution >= 4 is 16.9 Å². The summed E-state index contributed by atoms with van der Waals surface area (Å²) < 4.78 is 1.44. The van der Waals surface area contributed by atoms with E-state index in [-0.39, 0.29) is 17.2 Å². The zero-order valence-corrected chi connectivity index (χ0v) is 7.93. The Morgan fingerprint density at radius 2 is 1.80 bits per heavy atom. The maximum absolute atomic E-state index is 10.8. The Kier molecular flexibility index (Phi) is 1.82. The van der Waals surface area contributed by atoms with Crippen LogP contribution in [0, 0.1) is 0 Å². The molecule has 0 amide bonds. The maximum atomic E-state index is 10.8. The Bertz CT molecular complexity index is 556. The van der Waals surface area contributed by atoms with Crippen LogP contribution in [0.3, 0.4) is 0 Å². The zero-order valence-electron chi connectivity index (χ0n) is 7.93. The van der Waals surface area contributed by atoms with Gasteiger partial charge in [-0.3, -0.25) is 0 Å². The number of aromatic hydroxyl groups is 2. The lowest BCUT2D eigenvalue weighted by atomic mass is 10.2. The molecule has 0 bridgehead atoms. The minimum absolute atomic E-state index is 0.106. The Morgan fingerprint density at radius 3 is 2.40 bits per heavy atom. The van der Waals surface area contributed by atoms with Crippen molar-refractivity contribution < 1.29 is 20.1 Å². The van der Waals surface area contributed by atoms with E-state index in [9.17, 15) is 15.0 Å². The van der Waals surface area contributed by atoms with Gasteiger partial charge in [0.25, 0.3) is 0 Å². The maximum Gasteiger partial charge on any atom is 0.352 e. The summed E-state index contributed by atoms with van der Waals surface area (Å²) in [5, 5.41) is 28.0. The molecule has 0 radical (unpaired) electrons. The highest BCUT2D eigenvalue weighted by Gasteiger charge is 2.13. The smallest absolute Gasteiger partial charge is 0.352 e. The third-order valence-corrected chi connectivity index (χ3v) is 2.36. The van der Waals surface area contributed by atoms with E-state index < -0.39 is 5.97 Å². The van der Waals surface area contributed by atoms with Crippen LogP contribution in [0.25, 0.3) is 10.9 Å². The highest BCUT2D eigenvalue weighted by atomic mass is 16.4. The lowest BCUT2D eigenvalue weighted by Crippen LogP contribution is -2.03. The fraction of sp³-hybridized carbons (Fsp3) is 0.100. The summed E-state index contributed by atoms with van der Waals surface area (Å²) in [6.45, 7) is 0. The number of carbonyl (C=O) groups is 1. The number of carboxylic acids is 1. The van der Waals surface area contributed by atoms with Crippen molar-refractivity contribution in [1.29, 1.82) is 0 Å². The third-order valence-electron chi connectivity index (χ3n) is 2.36. The van der Waals surface area contributed by atoms with E-state index in [0.717, 1.165) is 0 Å². The van der Waals surface area contributed by atoms with Crippen molar-refractivity contribution in [2.75, 3.05) is 0 Å². The van der Waals surface area contributed by atoms with Gasteiger partial charge in [-0.1, -0.05) is 0 Å². The van der Waals surface area contributed by atoms with Gasteiger partial charge in [0, 0.05) is 18.5 Å². The van der Waals surface area contributed by atoms with E-state index in [1.54, 1.807) is 7.05 Å². The predicted octanol–water partition coefficient (Wildman–Crippen LogP) is 1.29. The van der Waals surface area contributed by atoms with Gasteiger partial charge in [0.05, 0.1) is 5.52 Å². The fourth-order valence-electron chi connectivity index (χ4n) is 1.57. The molecule has 0 aliphatic rings. The molecule has 3 N–H and O–H groups in total. The molecule has 78 valence electrons. The van der Waals surface area contributed by atoms with Crippen LogP contribution < -0.4 is 0 Å². The van der Waals surface area contributed by atoms with Crippen LogP contribution in [0.2, 0.25) is 0 Å². The molecule has 5 nitrogen and oxygen atoms in total. The van der Waals surface area contributed by atoms with Gasteiger partial charge < -0.3 is 19.9 Å². The summed E-state index contributed by atoms with van der Waals surface area (Å²) in [7, 11) is 1.59. The van der Waals surface area contributed by atoms with Crippen molar-refractivity contribution in [3.8, 4) is 11.5 Å². The van der Waals surface area contributed by atoms with E-state index in [1.807, 2.05) is 0 Å². The number of nitrogens with zero attached hydrogens (tertiary/aromatic N) is 1. The summed E-state index contributed by atoms with van der Waals surface area (Å²) in [6.07, 6.45) is 0. The van der Waals surface area contributed by atoms with Gasteiger partial charge in [-0.15, -0.1) is 0 Å².